The van der Waals surface area contributed by atoms with E-state index in [1.165, 1.54) is 26.0 Å². The minimum atomic E-state index is -0.209. The molecule has 0 spiro atoms. The molecule has 0 aliphatic carbocycles. The first-order valence-corrected chi connectivity index (χ1v) is 11.3. The number of aromatic nitrogens is 3. The fourth-order valence-electron chi connectivity index (χ4n) is 3.09. The van der Waals surface area contributed by atoms with E-state index in [1.54, 1.807) is 12.1 Å². The first-order chi connectivity index (χ1) is 15.4. The highest BCUT2D eigenvalue weighted by molar-refractivity contribution is 7.99. The lowest BCUT2D eigenvalue weighted by Crippen LogP contribution is -2.15. The van der Waals surface area contributed by atoms with Crippen LogP contribution in [0.4, 0.5) is 11.4 Å². The summed E-state index contributed by atoms with van der Waals surface area (Å²) in [5.41, 5.74) is 2.53. The van der Waals surface area contributed by atoms with Crippen molar-refractivity contribution in [1.29, 1.82) is 0 Å². The van der Waals surface area contributed by atoms with Crippen molar-refractivity contribution in [1.82, 2.24) is 14.8 Å². The van der Waals surface area contributed by atoms with Gasteiger partial charge in [-0.3, -0.25) is 4.79 Å². The number of thioether (sulfide) groups is 1. The van der Waals surface area contributed by atoms with Gasteiger partial charge in [0.15, 0.2) is 11.0 Å². The Morgan fingerprint density at radius 1 is 1.16 bits per heavy atom. The predicted octanol–water partition coefficient (Wildman–Crippen LogP) is 4.43. The Kier molecular flexibility index (Phi) is 7.87. The number of methoxy groups -OCH3 is 2. The summed E-state index contributed by atoms with van der Waals surface area (Å²) >= 11 is 7.45. The van der Waals surface area contributed by atoms with Crippen LogP contribution in [0.1, 0.15) is 6.92 Å². The molecule has 0 bridgehead atoms. The summed E-state index contributed by atoms with van der Waals surface area (Å²) in [6.45, 7) is 2.71. The molecule has 170 valence electrons. The van der Waals surface area contributed by atoms with Crippen LogP contribution in [0, 0.1) is 0 Å². The molecule has 8 nitrogen and oxygen atoms in total. The van der Waals surface area contributed by atoms with Gasteiger partial charge in [0.2, 0.25) is 5.91 Å². The highest BCUT2D eigenvalue weighted by Crippen LogP contribution is 2.36. The van der Waals surface area contributed by atoms with E-state index in [0.717, 1.165) is 17.1 Å². The third kappa shape index (κ3) is 5.28. The van der Waals surface area contributed by atoms with Gasteiger partial charge in [-0.15, -0.1) is 10.2 Å². The fourth-order valence-corrected chi connectivity index (χ4v) is 4.12. The molecular weight excluding hydrogens is 450 g/mol. The average molecular weight is 476 g/mol. The van der Waals surface area contributed by atoms with E-state index in [9.17, 15) is 4.79 Å². The number of carbonyl (C=O) groups excluding carboxylic acids is 1. The van der Waals surface area contributed by atoms with Crippen LogP contribution in [0.25, 0.3) is 11.4 Å². The van der Waals surface area contributed by atoms with Crippen molar-refractivity contribution in [3.8, 4) is 22.9 Å². The third-order valence-corrected chi connectivity index (χ3v) is 6.00. The van der Waals surface area contributed by atoms with Crippen molar-refractivity contribution in [3.05, 3.63) is 41.4 Å². The van der Waals surface area contributed by atoms with Crippen LogP contribution in [0.3, 0.4) is 0 Å². The summed E-state index contributed by atoms with van der Waals surface area (Å²) in [7, 11) is 7.02. The minimum absolute atomic E-state index is 0.157. The van der Waals surface area contributed by atoms with Gasteiger partial charge in [0, 0.05) is 44.0 Å². The average Bonchev–Trinajstić information content (AvgIpc) is 3.21. The van der Waals surface area contributed by atoms with Crippen molar-refractivity contribution in [2.24, 2.45) is 0 Å². The molecule has 0 saturated carbocycles. The molecule has 0 radical (unpaired) electrons. The molecule has 1 heterocycles. The van der Waals surface area contributed by atoms with Crippen LogP contribution in [0.5, 0.6) is 11.5 Å². The molecule has 1 aromatic heterocycles. The maximum absolute atomic E-state index is 12.6. The first-order valence-electron chi connectivity index (χ1n) is 9.93. The second kappa shape index (κ2) is 10.6. The van der Waals surface area contributed by atoms with E-state index in [-0.39, 0.29) is 11.7 Å². The Labute approximate surface area is 196 Å². The van der Waals surface area contributed by atoms with Crippen molar-refractivity contribution < 1.29 is 14.3 Å². The van der Waals surface area contributed by atoms with Crippen LogP contribution in [-0.4, -0.2) is 54.7 Å². The number of benzene rings is 2. The molecule has 0 saturated heterocycles. The second-order valence-corrected chi connectivity index (χ2v) is 8.37. The van der Waals surface area contributed by atoms with Gasteiger partial charge >= 0.3 is 0 Å². The van der Waals surface area contributed by atoms with Gasteiger partial charge in [-0.25, -0.2) is 0 Å². The van der Waals surface area contributed by atoms with Gasteiger partial charge in [-0.2, -0.15) is 0 Å². The third-order valence-electron chi connectivity index (χ3n) is 4.73. The number of ether oxygens (including phenoxy) is 2. The molecule has 1 N–H and O–H groups in total. The van der Waals surface area contributed by atoms with Gasteiger partial charge in [-0.1, -0.05) is 35.5 Å². The lowest BCUT2D eigenvalue weighted by molar-refractivity contribution is -0.113. The number of hydrogen-bond donors (Lipinski definition) is 1. The van der Waals surface area contributed by atoms with E-state index < -0.39 is 0 Å². The highest BCUT2D eigenvalue weighted by Gasteiger charge is 2.17. The first kappa shape index (κ1) is 23.7. The molecule has 0 atom stereocenters. The monoisotopic (exact) mass is 475 g/mol. The Balaban J connectivity index is 1.74. The standard InChI is InChI=1S/C22H26ClN5O3S/c1-6-28-21(14-8-7-9-15(10-14)27(2)3)25-26-22(28)32-13-20(29)24-17-12-18(30-4)16(23)11-19(17)31-5/h7-12H,6,13H2,1-5H3,(H,24,29). The highest BCUT2D eigenvalue weighted by atomic mass is 35.5. The van der Waals surface area contributed by atoms with E-state index in [1.807, 2.05) is 48.7 Å². The summed E-state index contributed by atoms with van der Waals surface area (Å²) in [5.74, 6) is 1.62. The minimum Gasteiger partial charge on any atom is -0.495 e. The maximum atomic E-state index is 12.6. The lowest BCUT2D eigenvalue weighted by atomic mass is 10.2. The van der Waals surface area contributed by atoms with E-state index in [0.29, 0.717) is 33.9 Å². The Morgan fingerprint density at radius 2 is 1.91 bits per heavy atom. The SMILES string of the molecule is CCn1c(SCC(=O)Nc2cc(OC)c(Cl)cc2OC)nnc1-c1cccc(N(C)C)c1. The zero-order valence-electron chi connectivity index (χ0n) is 18.7. The number of nitrogens with zero attached hydrogens (tertiary/aromatic N) is 4. The fraction of sp³-hybridized carbons (Fsp3) is 0.318. The maximum Gasteiger partial charge on any atom is 0.234 e. The molecule has 2 aromatic carbocycles. The molecule has 1 amide bonds. The van der Waals surface area contributed by atoms with Gasteiger partial charge < -0.3 is 24.3 Å². The van der Waals surface area contributed by atoms with Gasteiger partial charge in [0.1, 0.15) is 11.5 Å². The number of halogens is 1. The Bertz CT molecular complexity index is 1100. The molecule has 0 aliphatic heterocycles. The predicted molar refractivity (Wildman–Crippen MR) is 129 cm³/mol. The molecule has 10 heteroatoms. The quantitative estimate of drug-likeness (QED) is 0.458. The number of nitrogens with one attached hydrogen (secondary N) is 1. The smallest absolute Gasteiger partial charge is 0.234 e. The molecule has 3 rings (SSSR count). The Morgan fingerprint density at radius 3 is 2.56 bits per heavy atom. The van der Waals surface area contributed by atoms with Crippen molar-refractivity contribution >= 4 is 40.6 Å². The molecule has 0 unspecified atom stereocenters. The number of amides is 1. The van der Waals surface area contributed by atoms with E-state index in [4.69, 9.17) is 21.1 Å². The normalized spacial score (nSPS) is 10.7. The molecule has 3 aromatic rings. The van der Waals surface area contributed by atoms with Crippen molar-refractivity contribution in [3.63, 3.8) is 0 Å². The summed E-state index contributed by atoms with van der Waals surface area (Å²) in [6, 6.07) is 11.3. The number of hydrogen-bond acceptors (Lipinski definition) is 7. The van der Waals surface area contributed by atoms with Crippen molar-refractivity contribution in [2.45, 2.75) is 18.6 Å². The number of rotatable bonds is 9. The van der Waals surface area contributed by atoms with Crippen LogP contribution < -0.4 is 19.7 Å². The second-order valence-electron chi connectivity index (χ2n) is 7.02. The van der Waals surface area contributed by atoms with Crippen LogP contribution in [0.2, 0.25) is 5.02 Å². The number of carbonyl (C=O) groups is 1. The topological polar surface area (TPSA) is 81.5 Å². The Hall–Kier alpha value is -2.91. The zero-order valence-corrected chi connectivity index (χ0v) is 20.3. The molecular formula is C22H26ClN5O3S. The van der Waals surface area contributed by atoms with Crippen molar-refractivity contribution in [2.75, 3.05) is 44.3 Å². The largest absolute Gasteiger partial charge is 0.495 e. The van der Waals surface area contributed by atoms with E-state index in [2.05, 4.69) is 21.6 Å². The number of anilines is 2. The van der Waals surface area contributed by atoms with Gasteiger partial charge in [-0.05, 0) is 19.1 Å². The van der Waals surface area contributed by atoms with Gasteiger partial charge in [0.05, 0.1) is 30.7 Å². The lowest BCUT2D eigenvalue weighted by Gasteiger charge is -2.14. The van der Waals surface area contributed by atoms with Crippen LogP contribution >= 0.6 is 23.4 Å². The summed E-state index contributed by atoms with van der Waals surface area (Å²) < 4.78 is 12.5. The summed E-state index contributed by atoms with van der Waals surface area (Å²) in [5, 5.41) is 12.6. The van der Waals surface area contributed by atoms with Crippen LogP contribution in [0.15, 0.2) is 41.6 Å². The molecule has 0 aliphatic rings. The summed E-state index contributed by atoms with van der Waals surface area (Å²) in [4.78, 5) is 14.6. The molecule has 32 heavy (non-hydrogen) atoms. The van der Waals surface area contributed by atoms with Gasteiger partial charge in [0.25, 0.3) is 0 Å². The zero-order chi connectivity index (χ0) is 23.3. The molecule has 0 fully saturated rings. The summed E-state index contributed by atoms with van der Waals surface area (Å²) in [6.07, 6.45) is 0. The van der Waals surface area contributed by atoms with Crippen LogP contribution in [-0.2, 0) is 11.3 Å². The van der Waals surface area contributed by atoms with E-state index >= 15 is 0 Å².